The van der Waals surface area contributed by atoms with E-state index in [-0.39, 0.29) is 0 Å². The van der Waals surface area contributed by atoms with E-state index in [1.54, 1.807) is 13.2 Å². The number of piperidine rings is 1. The molecule has 1 aromatic rings. The van der Waals surface area contributed by atoms with E-state index in [1.807, 2.05) is 12.1 Å². The van der Waals surface area contributed by atoms with Crippen LogP contribution < -0.4 is 10.1 Å². The Labute approximate surface area is 120 Å². The summed E-state index contributed by atoms with van der Waals surface area (Å²) in [5, 5.41) is 12.6. The standard InChI is InChI=1S/C16H21N3O/c1-20-16-10-12(11-17)5-6-14(16)18-13-7-9-19-8-3-2-4-15(13)19/h5-6,10,13,15,18H,2-4,7-9H2,1H3. The molecule has 1 aromatic carbocycles. The second kappa shape index (κ2) is 5.72. The van der Waals surface area contributed by atoms with Gasteiger partial charge in [0, 0.05) is 24.7 Å². The molecule has 0 bridgehead atoms. The number of nitriles is 1. The van der Waals surface area contributed by atoms with Crippen molar-refractivity contribution < 1.29 is 4.74 Å². The van der Waals surface area contributed by atoms with Crippen LogP contribution in [0.25, 0.3) is 0 Å². The molecule has 0 radical (unpaired) electrons. The summed E-state index contributed by atoms with van der Waals surface area (Å²) in [6, 6.07) is 8.91. The molecule has 2 saturated heterocycles. The molecule has 0 aromatic heterocycles. The summed E-state index contributed by atoms with van der Waals surface area (Å²) in [7, 11) is 1.66. The monoisotopic (exact) mass is 271 g/mol. The average molecular weight is 271 g/mol. The first-order valence-electron chi connectivity index (χ1n) is 7.40. The van der Waals surface area contributed by atoms with Gasteiger partial charge in [0.15, 0.2) is 0 Å². The third-order valence-electron chi connectivity index (χ3n) is 4.53. The van der Waals surface area contributed by atoms with Crippen LogP contribution in [0.1, 0.15) is 31.2 Å². The minimum atomic E-state index is 0.497. The highest BCUT2D eigenvalue weighted by atomic mass is 16.5. The summed E-state index contributed by atoms with van der Waals surface area (Å²) in [5.74, 6) is 0.762. The lowest BCUT2D eigenvalue weighted by Gasteiger charge is -2.33. The molecular weight excluding hydrogens is 250 g/mol. The van der Waals surface area contributed by atoms with E-state index < -0.39 is 0 Å². The molecular formula is C16H21N3O. The van der Waals surface area contributed by atoms with Gasteiger partial charge in [0.25, 0.3) is 0 Å². The topological polar surface area (TPSA) is 48.3 Å². The van der Waals surface area contributed by atoms with Gasteiger partial charge in [-0.15, -0.1) is 0 Å². The Balaban J connectivity index is 1.76. The SMILES string of the molecule is COc1cc(C#N)ccc1NC1CCN2CCCCC12. The van der Waals surface area contributed by atoms with Crippen molar-refractivity contribution in [3.8, 4) is 11.8 Å². The van der Waals surface area contributed by atoms with Crippen LogP contribution in [-0.4, -0.2) is 37.2 Å². The van der Waals surface area contributed by atoms with Crippen LogP contribution >= 0.6 is 0 Å². The Morgan fingerprint density at radius 1 is 1.30 bits per heavy atom. The number of rotatable bonds is 3. The van der Waals surface area contributed by atoms with Crippen LogP contribution in [0.4, 0.5) is 5.69 Å². The fraction of sp³-hybridized carbons (Fsp3) is 0.562. The van der Waals surface area contributed by atoms with Crippen molar-refractivity contribution in [2.75, 3.05) is 25.5 Å². The van der Waals surface area contributed by atoms with Gasteiger partial charge in [0.05, 0.1) is 24.4 Å². The van der Waals surface area contributed by atoms with Crippen molar-refractivity contribution in [3.63, 3.8) is 0 Å². The third kappa shape index (κ3) is 2.46. The lowest BCUT2D eigenvalue weighted by atomic mass is 9.98. The van der Waals surface area contributed by atoms with Crippen molar-refractivity contribution in [2.24, 2.45) is 0 Å². The second-order valence-corrected chi connectivity index (χ2v) is 5.67. The van der Waals surface area contributed by atoms with E-state index in [4.69, 9.17) is 10.00 Å². The number of ether oxygens (including phenoxy) is 1. The lowest BCUT2D eigenvalue weighted by Crippen LogP contribution is -2.41. The summed E-state index contributed by atoms with van der Waals surface area (Å²) >= 11 is 0. The molecule has 20 heavy (non-hydrogen) atoms. The summed E-state index contributed by atoms with van der Waals surface area (Å²) in [4.78, 5) is 2.61. The van der Waals surface area contributed by atoms with Gasteiger partial charge >= 0.3 is 0 Å². The Hall–Kier alpha value is -1.73. The number of methoxy groups -OCH3 is 1. The Morgan fingerprint density at radius 3 is 3.00 bits per heavy atom. The summed E-state index contributed by atoms with van der Waals surface area (Å²) in [5.41, 5.74) is 1.64. The summed E-state index contributed by atoms with van der Waals surface area (Å²) < 4.78 is 5.41. The van der Waals surface area contributed by atoms with Crippen LogP contribution in [0, 0.1) is 11.3 Å². The maximum atomic E-state index is 8.95. The van der Waals surface area contributed by atoms with Gasteiger partial charge in [-0.05, 0) is 37.9 Å². The van der Waals surface area contributed by atoms with Crippen LogP contribution in [-0.2, 0) is 0 Å². The maximum Gasteiger partial charge on any atom is 0.143 e. The number of benzene rings is 1. The third-order valence-corrected chi connectivity index (χ3v) is 4.53. The molecule has 1 N–H and O–H groups in total. The zero-order valence-corrected chi connectivity index (χ0v) is 11.9. The molecule has 3 rings (SSSR count). The van der Waals surface area contributed by atoms with Gasteiger partial charge in [-0.25, -0.2) is 0 Å². The number of anilines is 1. The summed E-state index contributed by atoms with van der Waals surface area (Å²) in [6.07, 6.45) is 5.15. The van der Waals surface area contributed by atoms with Gasteiger partial charge in [0.1, 0.15) is 5.75 Å². The number of nitrogens with one attached hydrogen (secondary N) is 1. The van der Waals surface area contributed by atoms with Gasteiger partial charge in [-0.1, -0.05) is 6.42 Å². The Kier molecular flexibility index (Phi) is 3.79. The van der Waals surface area contributed by atoms with E-state index in [9.17, 15) is 0 Å². The van der Waals surface area contributed by atoms with Crippen molar-refractivity contribution in [1.29, 1.82) is 5.26 Å². The largest absolute Gasteiger partial charge is 0.495 e. The number of nitrogens with zero attached hydrogens (tertiary/aromatic N) is 2. The highest BCUT2D eigenvalue weighted by Gasteiger charge is 2.35. The lowest BCUT2D eigenvalue weighted by molar-refractivity contribution is 0.192. The van der Waals surface area contributed by atoms with Gasteiger partial charge in [0.2, 0.25) is 0 Å². The Bertz CT molecular complexity index is 523. The summed E-state index contributed by atoms with van der Waals surface area (Å²) in [6.45, 7) is 2.44. The molecule has 0 spiro atoms. The van der Waals surface area contributed by atoms with E-state index in [1.165, 1.54) is 38.8 Å². The second-order valence-electron chi connectivity index (χ2n) is 5.67. The molecule has 2 fully saturated rings. The number of fused-ring (bicyclic) bond motifs is 1. The number of hydrogen-bond acceptors (Lipinski definition) is 4. The van der Waals surface area contributed by atoms with Crippen molar-refractivity contribution >= 4 is 5.69 Å². The Morgan fingerprint density at radius 2 is 2.20 bits per heavy atom. The normalized spacial score (nSPS) is 25.8. The zero-order chi connectivity index (χ0) is 13.9. The van der Waals surface area contributed by atoms with Crippen LogP contribution in [0.2, 0.25) is 0 Å². The predicted molar refractivity (Wildman–Crippen MR) is 78.9 cm³/mol. The molecule has 2 aliphatic rings. The van der Waals surface area contributed by atoms with Crippen molar-refractivity contribution in [3.05, 3.63) is 23.8 Å². The molecule has 0 aliphatic carbocycles. The van der Waals surface area contributed by atoms with Gasteiger partial charge in [-0.3, -0.25) is 4.90 Å². The molecule has 2 heterocycles. The molecule has 0 saturated carbocycles. The maximum absolute atomic E-state index is 8.95. The van der Waals surface area contributed by atoms with E-state index in [0.717, 1.165) is 11.4 Å². The van der Waals surface area contributed by atoms with E-state index >= 15 is 0 Å². The smallest absolute Gasteiger partial charge is 0.143 e. The molecule has 4 heteroatoms. The minimum absolute atomic E-state index is 0.497. The van der Waals surface area contributed by atoms with Crippen molar-refractivity contribution in [2.45, 2.75) is 37.8 Å². The van der Waals surface area contributed by atoms with E-state index in [2.05, 4.69) is 16.3 Å². The van der Waals surface area contributed by atoms with E-state index in [0.29, 0.717) is 17.6 Å². The first-order chi connectivity index (χ1) is 9.81. The molecule has 2 atom stereocenters. The highest BCUT2D eigenvalue weighted by molar-refractivity contribution is 5.60. The van der Waals surface area contributed by atoms with Gasteiger partial charge in [-0.2, -0.15) is 5.26 Å². The molecule has 2 aliphatic heterocycles. The zero-order valence-electron chi connectivity index (χ0n) is 11.9. The van der Waals surface area contributed by atoms with Crippen molar-refractivity contribution in [1.82, 2.24) is 4.90 Å². The fourth-order valence-corrected chi connectivity index (χ4v) is 3.50. The quantitative estimate of drug-likeness (QED) is 0.918. The number of hydrogen-bond donors (Lipinski definition) is 1. The minimum Gasteiger partial charge on any atom is -0.495 e. The van der Waals surface area contributed by atoms with Crippen LogP contribution in [0.3, 0.4) is 0 Å². The molecule has 4 nitrogen and oxygen atoms in total. The molecule has 0 amide bonds. The first kappa shape index (κ1) is 13.3. The highest BCUT2D eigenvalue weighted by Crippen LogP contribution is 2.32. The van der Waals surface area contributed by atoms with Gasteiger partial charge < -0.3 is 10.1 Å². The molecule has 106 valence electrons. The van der Waals surface area contributed by atoms with Crippen LogP contribution in [0.5, 0.6) is 5.75 Å². The fourth-order valence-electron chi connectivity index (χ4n) is 3.50. The van der Waals surface area contributed by atoms with Crippen LogP contribution in [0.15, 0.2) is 18.2 Å². The molecule has 2 unspecified atom stereocenters. The average Bonchev–Trinajstić information content (AvgIpc) is 2.91. The first-order valence-corrected chi connectivity index (χ1v) is 7.40. The predicted octanol–water partition coefficient (Wildman–Crippen LogP) is 2.61.